The van der Waals surface area contributed by atoms with E-state index in [1.54, 1.807) is 30.3 Å². The fourth-order valence-electron chi connectivity index (χ4n) is 1.26. The maximum Gasteiger partial charge on any atom is 0.326 e. The van der Waals surface area contributed by atoms with Crippen LogP contribution in [0.2, 0.25) is 0 Å². The van der Waals surface area contributed by atoms with E-state index in [2.05, 4.69) is 5.32 Å². The van der Waals surface area contributed by atoms with Crippen LogP contribution < -0.4 is 11.1 Å². The third-order valence-corrected chi connectivity index (χ3v) is 2.09. The summed E-state index contributed by atoms with van der Waals surface area (Å²) >= 11 is 0. The number of hydrogen-bond acceptors (Lipinski definition) is 3. The molecular formula is C11H14N2O3. The third-order valence-electron chi connectivity index (χ3n) is 2.09. The molecule has 4 N–H and O–H groups in total. The quantitative estimate of drug-likeness (QED) is 0.664. The molecule has 0 spiro atoms. The summed E-state index contributed by atoms with van der Waals surface area (Å²) in [6, 6.07) is 7.53. The number of carbonyl (C=O) groups excluding carboxylic acids is 1. The highest BCUT2D eigenvalue weighted by molar-refractivity contribution is 5.96. The summed E-state index contributed by atoms with van der Waals surface area (Å²) in [6.45, 7) is 0.214. The van der Waals surface area contributed by atoms with Crippen molar-refractivity contribution in [2.45, 2.75) is 12.5 Å². The number of hydrogen-bond donors (Lipinski definition) is 3. The van der Waals surface area contributed by atoms with E-state index in [1.165, 1.54) is 0 Å². The van der Waals surface area contributed by atoms with E-state index in [-0.39, 0.29) is 13.0 Å². The molecule has 1 rings (SSSR count). The largest absolute Gasteiger partial charge is 0.480 e. The van der Waals surface area contributed by atoms with Gasteiger partial charge >= 0.3 is 5.97 Å². The van der Waals surface area contributed by atoms with Crippen molar-refractivity contribution in [3.05, 3.63) is 35.9 Å². The number of rotatable bonds is 5. The Labute approximate surface area is 93.3 Å². The monoisotopic (exact) mass is 222 g/mol. The number of nitrogens with one attached hydrogen (secondary N) is 1. The summed E-state index contributed by atoms with van der Waals surface area (Å²) < 4.78 is 0. The Morgan fingerprint density at radius 3 is 2.44 bits per heavy atom. The number of carboxylic acids is 1. The molecule has 86 valence electrons. The van der Waals surface area contributed by atoms with Crippen LogP contribution in [0.5, 0.6) is 0 Å². The van der Waals surface area contributed by atoms with Crippen molar-refractivity contribution < 1.29 is 14.7 Å². The van der Waals surface area contributed by atoms with Crippen LogP contribution in [0.1, 0.15) is 16.8 Å². The van der Waals surface area contributed by atoms with Crippen molar-refractivity contribution in [3.63, 3.8) is 0 Å². The lowest BCUT2D eigenvalue weighted by Crippen LogP contribution is -2.42. The van der Waals surface area contributed by atoms with Crippen LogP contribution in [0.15, 0.2) is 30.3 Å². The SMILES string of the molecule is NCC[C@@H](NC(=O)c1ccccc1)C(=O)O. The van der Waals surface area contributed by atoms with Crippen LogP contribution in [0.4, 0.5) is 0 Å². The summed E-state index contributed by atoms with van der Waals surface area (Å²) in [7, 11) is 0. The topological polar surface area (TPSA) is 92.4 Å². The van der Waals surface area contributed by atoms with Gasteiger partial charge in [0.1, 0.15) is 6.04 Å². The second kappa shape index (κ2) is 5.87. The highest BCUT2D eigenvalue weighted by Crippen LogP contribution is 2.00. The molecule has 0 heterocycles. The van der Waals surface area contributed by atoms with Gasteiger partial charge in [-0.25, -0.2) is 4.79 Å². The second-order valence-electron chi connectivity index (χ2n) is 3.31. The first-order valence-electron chi connectivity index (χ1n) is 4.94. The van der Waals surface area contributed by atoms with Crippen molar-refractivity contribution >= 4 is 11.9 Å². The molecule has 0 fully saturated rings. The fourth-order valence-corrected chi connectivity index (χ4v) is 1.26. The van der Waals surface area contributed by atoms with Crippen LogP contribution in [-0.4, -0.2) is 29.6 Å². The molecule has 1 amide bonds. The predicted octanol–water partition coefficient (Wildman–Crippen LogP) is 0.218. The minimum Gasteiger partial charge on any atom is -0.480 e. The average molecular weight is 222 g/mol. The predicted molar refractivity (Wildman–Crippen MR) is 59.0 cm³/mol. The zero-order valence-electron chi connectivity index (χ0n) is 8.72. The summed E-state index contributed by atoms with van der Waals surface area (Å²) in [6.07, 6.45) is 0.216. The Kier molecular flexibility index (Phi) is 4.47. The normalized spacial score (nSPS) is 11.8. The molecule has 1 atom stereocenters. The zero-order valence-corrected chi connectivity index (χ0v) is 8.72. The first-order valence-corrected chi connectivity index (χ1v) is 4.94. The first kappa shape index (κ1) is 12.2. The molecule has 0 saturated heterocycles. The smallest absolute Gasteiger partial charge is 0.326 e. The molecule has 0 bridgehead atoms. The molecule has 0 unspecified atom stereocenters. The van der Waals surface area contributed by atoms with E-state index in [1.807, 2.05) is 0 Å². The van der Waals surface area contributed by atoms with Gasteiger partial charge in [0, 0.05) is 5.56 Å². The fraction of sp³-hybridized carbons (Fsp3) is 0.273. The van der Waals surface area contributed by atoms with Gasteiger partial charge in [0.15, 0.2) is 0 Å². The number of nitrogens with two attached hydrogens (primary N) is 1. The number of carbonyl (C=O) groups is 2. The molecule has 16 heavy (non-hydrogen) atoms. The molecule has 1 aromatic rings. The van der Waals surface area contributed by atoms with E-state index >= 15 is 0 Å². The number of benzene rings is 1. The van der Waals surface area contributed by atoms with Gasteiger partial charge in [0.05, 0.1) is 0 Å². The van der Waals surface area contributed by atoms with Gasteiger partial charge in [-0.05, 0) is 25.1 Å². The molecule has 0 radical (unpaired) electrons. The van der Waals surface area contributed by atoms with E-state index in [0.29, 0.717) is 5.56 Å². The number of amides is 1. The third kappa shape index (κ3) is 3.36. The lowest BCUT2D eigenvalue weighted by Gasteiger charge is -2.13. The van der Waals surface area contributed by atoms with E-state index in [0.717, 1.165) is 0 Å². The summed E-state index contributed by atoms with van der Waals surface area (Å²) in [5.41, 5.74) is 5.70. The average Bonchev–Trinajstić information content (AvgIpc) is 2.29. The second-order valence-corrected chi connectivity index (χ2v) is 3.31. The van der Waals surface area contributed by atoms with E-state index in [9.17, 15) is 9.59 Å². The molecule has 5 nitrogen and oxygen atoms in total. The van der Waals surface area contributed by atoms with E-state index < -0.39 is 17.9 Å². The van der Waals surface area contributed by atoms with Gasteiger partial charge in [0.25, 0.3) is 5.91 Å². The summed E-state index contributed by atoms with van der Waals surface area (Å²) in [5.74, 6) is -1.48. The van der Waals surface area contributed by atoms with Crippen molar-refractivity contribution in [3.8, 4) is 0 Å². The zero-order chi connectivity index (χ0) is 12.0. The Morgan fingerprint density at radius 2 is 1.94 bits per heavy atom. The molecule has 0 aliphatic heterocycles. The Morgan fingerprint density at radius 1 is 1.31 bits per heavy atom. The summed E-state index contributed by atoms with van der Waals surface area (Å²) in [5, 5.41) is 11.2. The lowest BCUT2D eigenvalue weighted by molar-refractivity contribution is -0.139. The minimum atomic E-state index is -1.07. The number of carboxylic acid groups (broad SMARTS) is 1. The van der Waals surface area contributed by atoms with Crippen LogP contribution in [-0.2, 0) is 4.79 Å². The first-order chi connectivity index (χ1) is 7.65. The summed E-state index contributed by atoms with van der Waals surface area (Å²) in [4.78, 5) is 22.4. The Balaban J connectivity index is 2.65. The Bertz CT molecular complexity index is 365. The van der Waals surface area contributed by atoms with E-state index in [4.69, 9.17) is 10.8 Å². The maximum absolute atomic E-state index is 11.6. The van der Waals surface area contributed by atoms with Crippen LogP contribution in [0.25, 0.3) is 0 Å². The van der Waals surface area contributed by atoms with Gasteiger partial charge in [-0.2, -0.15) is 0 Å². The maximum atomic E-state index is 11.6. The molecule has 1 aromatic carbocycles. The van der Waals surface area contributed by atoms with Crippen LogP contribution in [0.3, 0.4) is 0 Å². The Hall–Kier alpha value is -1.88. The van der Waals surface area contributed by atoms with Gasteiger partial charge in [-0.3, -0.25) is 4.79 Å². The highest BCUT2D eigenvalue weighted by atomic mass is 16.4. The van der Waals surface area contributed by atoms with Crippen LogP contribution in [0, 0.1) is 0 Å². The lowest BCUT2D eigenvalue weighted by atomic mass is 10.1. The van der Waals surface area contributed by atoms with Gasteiger partial charge in [-0.1, -0.05) is 18.2 Å². The van der Waals surface area contributed by atoms with Crippen molar-refractivity contribution in [2.24, 2.45) is 5.73 Å². The van der Waals surface area contributed by atoms with Crippen molar-refractivity contribution in [1.29, 1.82) is 0 Å². The number of aliphatic carboxylic acids is 1. The van der Waals surface area contributed by atoms with Crippen molar-refractivity contribution in [2.75, 3.05) is 6.54 Å². The van der Waals surface area contributed by atoms with Gasteiger partial charge in [0.2, 0.25) is 0 Å². The standard InChI is InChI=1S/C11H14N2O3/c12-7-6-9(11(15)16)13-10(14)8-4-2-1-3-5-8/h1-5,9H,6-7,12H2,(H,13,14)(H,15,16)/t9-/m1/s1. The molecule has 0 aliphatic rings. The van der Waals surface area contributed by atoms with Gasteiger partial charge in [-0.15, -0.1) is 0 Å². The van der Waals surface area contributed by atoms with Crippen molar-refractivity contribution in [1.82, 2.24) is 5.32 Å². The van der Waals surface area contributed by atoms with Crippen LogP contribution >= 0.6 is 0 Å². The molecule has 5 heteroatoms. The molecule has 0 aromatic heterocycles. The van der Waals surface area contributed by atoms with Gasteiger partial charge < -0.3 is 16.2 Å². The molecule has 0 aliphatic carbocycles. The highest BCUT2D eigenvalue weighted by Gasteiger charge is 2.19. The molecule has 0 saturated carbocycles. The minimum absolute atomic E-state index is 0.214. The molecular weight excluding hydrogens is 208 g/mol.